The summed E-state index contributed by atoms with van der Waals surface area (Å²) in [6, 6.07) is 1.89. The zero-order valence-corrected chi connectivity index (χ0v) is 13.9. The number of phosphoric ester groups is 1. The van der Waals surface area contributed by atoms with Gasteiger partial charge in [0, 0.05) is 18.3 Å². The van der Waals surface area contributed by atoms with E-state index in [4.69, 9.17) is 19.8 Å². The lowest BCUT2D eigenvalue weighted by molar-refractivity contribution is -0.0250. The summed E-state index contributed by atoms with van der Waals surface area (Å²) in [4.78, 5) is 41.9. The summed E-state index contributed by atoms with van der Waals surface area (Å²) in [6.07, 6.45) is 1.09. The van der Waals surface area contributed by atoms with Crippen molar-refractivity contribution in [1.29, 1.82) is 5.26 Å². The number of aromatic nitrogens is 2. The van der Waals surface area contributed by atoms with E-state index in [1.54, 1.807) is 6.92 Å². The topological polar surface area (TPSA) is 144 Å². The fourth-order valence-electron chi connectivity index (χ4n) is 2.52. The first-order chi connectivity index (χ1) is 11.2. The first-order valence-electron chi connectivity index (χ1n) is 7.28. The van der Waals surface area contributed by atoms with Crippen LogP contribution in [-0.4, -0.2) is 31.6 Å². The monoisotopic (exact) mass is 359 g/mol. The molecule has 0 saturated carbocycles. The maximum absolute atomic E-state index is 12.4. The molecule has 11 heteroatoms. The quantitative estimate of drug-likeness (QED) is 0.676. The van der Waals surface area contributed by atoms with E-state index in [9.17, 15) is 14.2 Å². The molecule has 1 fully saturated rings. The van der Waals surface area contributed by atoms with E-state index < -0.39 is 31.4 Å². The molecule has 1 aliphatic rings. The maximum Gasteiger partial charge on any atom is 0.469 e. The van der Waals surface area contributed by atoms with Crippen molar-refractivity contribution in [3.8, 4) is 6.07 Å². The molecule has 132 valence electrons. The second-order valence-corrected chi connectivity index (χ2v) is 6.68. The molecule has 1 saturated heterocycles. The zero-order valence-electron chi connectivity index (χ0n) is 13.0. The Morgan fingerprint density at radius 2 is 2.17 bits per heavy atom. The van der Waals surface area contributed by atoms with Gasteiger partial charge in [0.2, 0.25) is 0 Å². The molecule has 2 rings (SSSR count). The fourth-order valence-corrected chi connectivity index (χ4v) is 2.88. The van der Waals surface area contributed by atoms with Crippen LogP contribution in [0.15, 0.2) is 15.8 Å². The van der Waals surface area contributed by atoms with Gasteiger partial charge < -0.3 is 14.5 Å². The lowest BCUT2D eigenvalue weighted by atomic mass is 10.2. The zero-order chi connectivity index (χ0) is 17.9. The van der Waals surface area contributed by atoms with Gasteiger partial charge in [-0.1, -0.05) is 0 Å². The third-order valence-electron chi connectivity index (χ3n) is 3.64. The Labute approximate surface area is 137 Å². The Bertz CT molecular complexity index is 803. The van der Waals surface area contributed by atoms with Gasteiger partial charge in [-0.3, -0.25) is 18.5 Å². The molecule has 0 unspecified atom stereocenters. The van der Waals surface area contributed by atoms with E-state index >= 15 is 0 Å². The number of aryl methyl sites for hydroxylation is 1. The highest BCUT2D eigenvalue weighted by atomic mass is 31.2. The van der Waals surface area contributed by atoms with E-state index in [1.165, 1.54) is 10.8 Å². The molecule has 0 spiro atoms. The molecule has 2 N–H and O–H groups in total. The largest absolute Gasteiger partial charge is 0.469 e. The first-order valence-corrected chi connectivity index (χ1v) is 8.81. The molecule has 10 nitrogen and oxygen atoms in total. The molecule has 0 bridgehead atoms. The van der Waals surface area contributed by atoms with E-state index in [-0.39, 0.29) is 19.6 Å². The van der Waals surface area contributed by atoms with Gasteiger partial charge in [0.1, 0.15) is 6.23 Å². The molecule has 2 atom stereocenters. The van der Waals surface area contributed by atoms with Gasteiger partial charge in [-0.2, -0.15) is 5.26 Å². The number of rotatable bonds is 6. The lowest BCUT2D eigenvalue weighted by Gasteiger charge is -2.18. The van der Waals surface area contributed by atoms with Gasteiger partial charge in [-0.05, 0) is 19.8 Å². The van der Waals surface area contributed by atoms with E-state index in [0.29, 0.717) is 18.4 Å². The normalized spacial score (nSPS) is 20.9. The molecular formula is C13H18N3O7P. The Morgan fingerprint density at radius 1 is 1.46 bits per heavy atom. The SMILES string of the molecule is Cc1cn([C@H]2CC[C@@H](COP(=O)(O)O)O2)c(=O)n(CCC#N)c1=O. The predicted molar refractivity (Wildman–Crippen MR) is 81.1 cm³/mol. The molecule has 1 aliphatic heterocycles. The minimum Gasteiger partial charge on any atom is -0.352 e. The summed E-state index contributed by atoms with van der Waals surface area (Å²) < 4.78 is 23.0. The average molecular weight is 359 g/mol. The van der Waals surface area contributed by atoms with Crippen LogP contribution in [0, 0.1) is 18.3 Å². The van der Waals surface area contributed by atoms with Crippen LogP contribution in [-0.2, 0) is 20.4 Å². The first kappa shape index (κ1) is 18.6. The highest BCUT2D eigenvalue weighted by molar-refractivity contribution is 7.46. The Kier molecular flexibility index (Phi) is 5.74. The van der Waals surface area contributed by atoms with Crippen LogP contribution >= 0.6 is 7.82 Å². The van der Waals surface area contributed by atoms with Crippen LogP contribution < -0.4 is 11.2 Å². The minimum absolute atomic E-state index is 0.00663. The van der Waals surface area contributed by atoms with E-state index in [2.05, 4.69) is 4.52 Å². The van der Waals surface area contributed by atoms with Crippen molar-refractivity contribution < 1.29 is 23.6 Å². The Hall–Kier alpha value is -1.76. The molecule has 0 radical (unpaired) electrons. The van der Waals surface area contributed by atoms with Gasteiger partial charge in [0.05, 0.1) is 25.2 Å². The number of ether oxygens (including phenoxy) is 1. The van der Waals surface area contributed by atoms with Crippen LogP contribution in [0.25, 0.3) is 0 Å². The van der Waals surface area contributed by atoms with E-state index in [1.807, 2.05) is 6.07 Å². The van der Waals surface area contributed by atoms with Crippen LogP contribution in [0.2, 0.25) is 0 Å². The Morgan fingerprint density at radius 3 is 2.79 bits per heavy atom. The third kappa shape index (κ3) is 4.41. The smallest absolute Gasteiger partial charge is 0.352 e. The van der Waals surface area contributed by atoms with Gasteiger partial charge in [-0.15, -0.1) is 0 Å². The number of nitrogens with zero attached hydrogens (tertiary/aromatic N) is 3. The van der Waals surface area contributed by atoms with Crippen molar-refractivity contribution in [2.45, 2.75) is 45.1 Å². The lowest BCUT2D eigenvalue weighted by Crippen LogP contribution is -2.42. The summed E-state index contributed by atoms with van der Waals surface area (Å²) in [7, 11) is -4.58. The highest BCUT2D eigenvalue weighted by Crippen LogP contribution is 2.37. The maximum atomic E-state index is 12.4. The number of hydrogen-bond donors (Lipinski definition) is 2. The molecule has 0 aromatic carbocycles. The molecule has 2 heterocycles. The van der Waals surface area contributed by atoms with Crippen molar-refractivity contribution in [1.82, 2.24) is 9.13 Å². The fraction of sp³-hybridized carbons (Fsp3) is 0.615. The van der Waals surface area contributed by atoms with E-state index in [0.717, 1.165) is 4.57 Å². The van der Waals surface area contributed by atoms with Crippen molar-refractivity contribution >= 4 is 7.82 Å². The van der Waals surface area contributed by atoms with Gasteiger partial charge in [-0.25, -0.2) is 9.36 Å². The average Bonchev–Trinajstić information content (AvgIpc) is 2.97. The Balaban J connectivity index is 2.20. The summed E-state index contributed by atoms with van der Waals surface area (Å²) in [6.45, 7) is 1.26. The van der Waals surface area contributed by atoms with Crippen molar-refractivity contribution in [2.75, 3.05) is 6.61 Å². The standard InChI is InChI=1S/C13H18N3O7P/c1-9-7-16(13(18)15(12(9)17)6-2-5-14)11-4-3-10(23-11)8-22-24(19,20)21/h7,10-11H,2-4,6,8H2,1H3,(H2,19,20,21)/t10-,11+/m0/s1. The molecular weight excluding hydrogens is 341 g/mol. The van der Waals surface area contributed by atoms with Gasteiger partial charge in [0.15, 0.2) is 0 Å². The minimum atomic E-state index is -4.58. The van der Waals surface area contributed by atoms with Crippen molar-refractivity contribution in [2.24, 2.45) is 0 Å². The molecule has 1 aromatic rings. The molecule has 1 aromatic heterocycles. The van der Waals surface area contributed by atoms with Crippen LogP contribution in [0.1, 0.15) is 31.1 Å². The second-order valence-electron chi connectivity index (χ2n) is 5.44. The van der Waals surface area contributed by atoms with Gasteiger partial charge in [0.25, 0.3) is 5.56 Å². The number of nitriles is 1. The third-order valence-corrected chi connectivity index (χ3v) is 4.12. The van der Waals surface area contributed by atoms with Crippen LogP contribution in [0.5, 0.6) is 0 Å². The number of hydrogen-bond acceptors (Lipinski definition) is 6. The summed E-state index contributed by atoms with van der Waals surface area (Å²) >= 11 is 0. The van der Waals surface area contributed by atoms with Crippen molar-refractivity contribution in [3.63, 3.8) is 0 Å². The molecule has 0 aliphatic carbocycles. The predicted octanol–water partition coefficient (Wildman–Crippen LogP) is 0.0190. The molecule has 24 heavy (non-hydrogen) atoms. The van der Waals surface area contributed by atoms with Crippen molar-refractivity contribution in [3.05, 3.63) is 32.6 Å². The van der Waals surface area contributed by atoms with Crippen LogP contribution in [0.3, 0.4) is 0 Å². The highest BCUT2D eigenvalue weighted by Gasteiger charge is 2.30. The number of phosphoric acid groups is 1. The second kappa shape index (κ2) is 7.42. The molecule has 0 amide bonds. The summed E-state index contributed by atoms with van der Waals surface area (Å²) in [5, 5.41) is 8.64. The van der Waals surface area contributed by atoms with Crippen LogP contribution in [0.4, 0.5) is 0 Å². The summed E-state index contributed by atoms with van der Waals surface area (Å²) in [5.74, 6) is 0. The summed E-state index contributed by atoms with van der Waals surface area (Å²) in [5.41, 5.74) is -0.695. The van der Waals surface area contributed by atoms with Gasteiger partial charge >= 0.3 is 13.5 Å².